The Morgan fingerprint density at radius 2 is 2.00 bits per heavy atom. The molecule has 0 aliphatic heterocycles. The van der Waals surface area contributed by atoms with Crippen LogP contribution in [0.2, 0.25) is 0 Å². The predicted molar refractivity (Wildman–Crippen MR) is 84.9 cm³/mol. The van der Waals surface area contributed by atoms with Crippen molar-refractivity contribution in [3.63, 3.8) is 0 Å². The highest BCUT2D eigenvalue weighted by molar-refractivity contribution is 5.95. The molecule has 0 aliphatic carbocycles. The van der Waals surface area contributed by atoms with Crippen molar-refractivity contribution in [1.29, 1.82) is 0 Å². The van der Waals surface area contributed by atoms with Gasteiger partial charge in [-0.05, 0) is 35.9 Å². The maximum Gasteiger partial charge on any atom is 0.251 e. The lowest BCUT2D eigenvalue weighted by molar-refractivity contribution is 0.0951. The van der Waals surface area contributed by atoms with E-state index in [0.29, 0.717) is 11.1 Å². The molecule has 0 saturated carbocycles. The van der Waals surface area contributed by atoms with Gasteiger partial charge in [-0.15, -0.1) is 0 Å². The van der Waals surface area contributed by atoms with Gasteiger partial charge in [-0.25, -0.2) is 4.39 Å². The first-order chi connectivity index (χ1) is 10.5. The van der Waals surface area contributed by atoms with Crippen molar-refractivity contribution in [2.24, 2.45) is 0 Å². The zero-order valence-corrected chi connectivity index (χ0v) is 12.9. The Morgan fingerprint density at radius 1 is 1.23 bits per heavy atom. The Morgan fingerprint density at radius 3 is 2.64 bits per heavy atom. The number of carbonyl (C=O) groups excluding carboxylic acids is 1. The van der Waals surface area contributed by atoms with E-state index < -0.39 is 5.82 Å². The SMILES string of the molecule is COc1ccc(CNC(=O)c2cccc(N(C)C)c2)cc1F. The molecular weight excluding hydrogens is 283 g/mol. The Balaban J connectivity index is 2.03. The zero-order chi connectivity index (χ0) is 16.1. The van der Waals surface area contributed by atoms with Gasteiger partial charge in [-0.2, -0.15) is 0 Å². The first-order valence-electron chi connectivity index (χ1n) is 6.89. The van der Waals surface area contributed by atoms with Crippen LogP contribution in [0.4, 0.5) is 10.1 Å². The van der Waals surface area contributed by atoms with E-state index in [2.05, 4.69) is 5.32 Å². The average Bonchev–Trinajstić information content (AvgIpc) is 2.52. The minimum Gasteiger partial charge on any atom is -0.494 e. The number of methoxy groups -OCH3 is 1. The molecule has 116 valence electrons. The molecule has 4 nitrogen and oxygen atoms in total. The molecule has 2 aromatic carbocycles. The maximum atomic E-state index is 13.6. The van der Waals surface area contributed by atoms with Crippen molar-refractivity contribution in [3.8, 4) is 5.75 Å². The fourth-order valence-corrected chi connectivity index (χ4v) is 2.03. The third-order valence-corrected chi connectivity index (χ3v) is 3.29. The number of nitrogens with one attached hydrogen (secondary N) is 1. The van der Waals surface area contributed by atoms with Crippen LogP contribution in [0, 0.1) is 5.82 Å². The maximum absolute atomic E-state index is 13.6. The second kappa shape index (κ2) is 6.93. The van der Waals surface area contributed by atoms with Crippen LogP contribution < -0.4 is 15.0 Å². The molecular formula is C17H19FN2O2. The molecule has 2 rings (SSSR count). The molecule has 0 atom stereocenters. The summed E-state index contributed by atoms with van der Waals surface area (Å²) in [6.07, 6.45) is 0. The molecule has 0 fully saturated rings. The number of halogens is 1. The summed E-state index contributed by atoms with van der Waals surface area (Å²) in [4.78, 5) is 14.1. The number of hydrogen-bond acceptors (Lipinski definition) is 3. The number of rotatable bonds is 5. The van der Waals surface area contributed by atoms with Crippen LogP contribution in [0.15, 0.2) is 42.5 Å². The lowest BCUT2D eigenvalue weighted by atomic mass is 10.1. The van der Waals surface area contributed by atoms with Gasteiger partial charge in [-0.3, -0.25) is 4.79 Å². The molecule has 1 N–H and O–H groups in total. The van der Waals surface area contributed by atoms with Crippen LogP contribution in [0.25, 0.3) is 0 Å². The van der Waals surface area contributed by atoms with E-state index >= 15 is 0 Å². The second-order valence-corrected chi connectivity index (χ2v) is 5.10. The highest BCUT2D eigenvalue weighted by atomic mass is 19.1. The van der Waals surface area contributed by atoms with Gasteiger partial charge < -0.3 is 15.0 Å². The number of nitrogens with zero attached hydrogens (tertiary/aromatic N) is 1. The largest absolute Gasteiger partial charge is 0.494 e. The second-order valence-electron chi connectivity index (χ2n) is 5.10. The highest BCUT2D eigenvalue weighted by Crippen LogP contribution is 2.18. The van der Waals surface area contributed by atoms with Gasteiger partial charge in [0.25, 0.3) is 5.91 Å². The molecule has 0 spiro atoms. The average molecular weight is 302 g/mol. The summed E-state index contributed by atoms with van der Waals surface area (Å²) in [6, 6.07) is 11.9. The zero-order valence-electron chi connectivity index (χ0n) is 12.9. The fourth-order valence-electron chi connectivity index (χ4n) is 2.03. The van der Waals surface area contributed by atoms with Crippen molar-refractivity contribution in [2.75, 3.05) is 26.1 Å². The Hall–Kier alpha value is -2.56. The molecule has 0 aliphatic rings. The molecule has 5 heteroatoms. The number of amides is 1. The molecule has 0 bridgehead atoms. The molecule has 22 heavy (non-hydrogen) atoms. The van der Waals surface area contributed by atoms with E-state index in [-0.39, 0.29) is 18.2 Å². The Labute approximate surface area is 129 Å². The summed E-state index contributed by atoms with van der Waals surface area (Å²) in [7, 11) is 5.24. The molecule has 0 aromatic heterocycles. The minimum absolute atomic E-state index is 0.189. The van der Waals surface area contributed by atoms with Gasteiger partial charge in [0, 0.05) is 31.9 Å². The standard InChI is InChI=1S/C17H19FN2O2/c1-20(2)14-6-4-5-13(10-14)17(21)19-11-12-7-8-16(22-3)15(18)9-12/h4-10H,11H2,1-3H3,(H,19,21). The summed E-state index contributed by atoms with van der Waals surface area (Å²) in [5, 5.41) is 2.78. The molecule has 2 aromatic rings. The molecule has 0 radical (unpaired) electrons. The van der Waals surface area contributed by atoms with Crippen molar-refractivity contribution < 1.29 is 13.9 Å². The normalized spacial score (nSPS) is 10.2. The molecule has 0 saturated heterocycles. The van der Waals surface area contributed by atoms with Crippen molar-refractivity contribution in [2.45, 2.75) is 6.54 Å². The van der Waals surface area contributed by atoms with E-state index in [0.717, 1.165) is 5.69 Å². The van der Waals surface area contributed by atoms with E-state index in [1.807, 2.05) is 37.2 Å². The Bertz CT molecular complexity index is 671. The van der Waals surface area contributed by atoms with Crippen LogP contribution >= 0.6 is 0 Å². The summed E-state index contributed by atoms with van der Waals surface area (Å²) < 4.78 is 18.5. The van der Waals surface area contributed by atoms with Crippen LogP contribution in [-0.2, 0) is 6.54 Å². The third kappa shape index (κ3) is 3.75. The molecule has 0 heterocycles. The first kappa shape index (κ1) is 15.8. The van der Waals surface area contributed by atoms with Gasteiger partial charge in [-0.1, -0.05) is 12.1 Å². The quantitative estimate of drug-likeness (QED) is 0.923. The lowest BCUT2D eigenvalue weighted by Crippen LogP contribution is -2.23. The van der Waals surface area contributed by atoms with Gasteiger partial charge in [0.05, 0.1) is 7.11 Å². The molecule has 1 amide bonds. The topological polar surface area (TPSA) is 41.6 Å². The van der Waals surface area contributed by atoms with Crippen LogP contribution in [-0.4, -0.2) is 27.1 Å². The van der Waals surface area contributed by atoms with Crippen LogP contribution in [0.1, 0.15) is 15.9 Å². The van der Waals surface area contributed by atoms with E-state index in [9.17, 15) is 9.18 Å². The van der Waals surface area contributed by atoms with Crippen molar-refractivity contribution in [1.82, 2.24) is 5.32 Å². The summed E-state index contributed by atoms with van der Waals surface area (Å²) in [5.74, 6) is -0.447. The third-order valence-electron chi connectivity index (χ3n) is 3.29. The van der Waals surface area contributed by atoms with Gasteiger partial charge >= 0.3 is 0 Å². The number of benzene rings is 2. The fraction of sp³-hybridized carbons (Fsp3) is 0.235. The number of hydrogen-bond donors (Lipinski definition) is 1. The minimum atomic E-state index is -0.441. The number of carbonyl (C=O) groups is 1. The number of ether oxygens (including phenoxy) is 1. The van der Waals surface area contributed by atoms with Crippen LogP contribution in [0.5, 0.6) is 5.75 Å². The highest BCUT2D eigenvalue weighted by Gasteiger charge is 2.08. The monoisotopic (exact) mass is 302 g/mol. The van der Waals surface area contributed by atoms with Gasteiger partial charge in [0.15, 0.2) is 11.6 Å². The lowest BCUT2D eigenvalue weighted by Gasteiger charge is -2.13. The number of anilines is 1. The van der Waals surface area contributed by atoms with E-state index in [1.54, 1.807) is 18.2 Å². The van der Waals surface area contributed by atoms with Crippen LogP contribution in [0.3, 0.4) is 0 Å². The Kier molecular flexibility index (Phi) is 4.99. The summed E-state index contributed by atoms with van der Waals surface area (Å²) in [6.45, 7) is 0.256. The molecule has 0 unspecified atom stereocenters. The van der Waals surface area contributed by atoms with Gasteiger partial charge in [0.2, 0.25) is 0 Å². The van der Waals surface area contributed by atoms with Crippen molar-refractivity contribution >= 4 is 11.6 Å². The van der Waals surface area contributed by atoms with E-state index in [4.69, 9.17) is 4.74 Å². The van der Waals surface area contributed by atoms with E-state index in [1.165, 1.54) is 13.2 Å². The summed E-state index contributed by atoms with van der Waals surface area (Å²) >= 11 is 0. The summed E-state index contributed by atoms with van der Waals surface area (Å²) in [5.41, 5.74) is 2.19. The van der Waals surface area contributed by atoms with Gasteiger partial charge in [0.1, 0.15) is 0 Å². The first-order valence-corrected chi connectivity index (χ1v) is 6.89. The smallest absolute Gasteiger partial charge is 0.251 e. The predicted octanol–water partition coefficient (Wildman–Crippen LogP) is 2.83. The van der Waals surface area contributed by atoms with Crippen molar-refractivity contribution in [3.05, 3.63) is 59.4 Å².